The predicted molar refractivity (Wildman–Crippen MR) is 68.6 cm³/mol. The lowest BCUT2D eigenvalue weighted by Crippen LogP contribution is -2.24. The van der Waals surface area contributed by atoms with E-state index >= 15 is 0 Å². The largest absolute Gasteiger partial charge is 0.423 e. The molecule has 0 N–H and O–H groups in total. The Morgan fingerprint density at radius 3 is 2.63 bits per heavy atom. The summed E-state index contributed by atoms with van der Waals surface area (Å²) in [5.74, 6) is -0.168. The molecule has 0 bridgehead atoms. The van der Waals surface area contributed by atoms with E-state index in [0.29, 0.717) is 12.1 Å². The summed E-state index contributed by atoms with van der Waals surface area (Å²) in [6, 6.07) is 5.39. The Morgan fingerprint density at radius 1 is 1.37 bits per heavy atom. The zero-order valence-electron chi connectivity index (χ0n) is 10.3. The Balaban J connectivity index is 2.05. The standard InChI is InChI=1S/C13H12N2O4/c1-14-8-2-3-10(9-14)13(16)19-12-6-4-11(5-7-12)15(17)18/h2-8H,9H2,1H3. The van der Waals surface area contributed by atoms with Crippen molar-refractivity contribution in [3.8, 4) is 5.75 Å². The molecule has 0 aliphatic carbocycles. The number of hydrogen-bond acceptors (Lipinski definition) is 5. The first-order valence-electron chi connectivity index (χ1n) is 5.60. The molecule has 0 saturated carbocycles. The van der Waals surface area contributed by atoms with E-state index in [0.717, 1.165) is 0 Å². The molecule has 2 rings (SSSR count). The quantitative estimate of drug-likeness (QED) is 0.359. The van der Waals surface area contributed by atoms with Crippen LogP contribution in [0, 0.1) is 10.1 Å². The minimum atomic E-state index is -0.505. The maximum Gasteiger partial charge on any atom is 0.341 e. The summed E-state index contributed by atoms with van der Waals surface area (Å²) in [6.45, 7) is 0.475. The second kappa shape index (κ2) is 5.34. The molecule has 0 aromatic heterocycles. The highest BCUT2D eigenvalue weighted by molar-refractivity contribution is 5.91. The number of benzene rings is 1. The number of esters is 1. The Kier molecular flexibility index (Phi) is 3.61. The van der Waals surface area contributed by atoms with E-state index in [9.17, 15) is 14.9 Å². The molecule has 0 fully saturated rings. The number of likely N-dealkylation sites (N-methyl/N-ethyl adjacent to an activating group) is 1. The van der Waals surface area contributed by atoms with Crippen LogP contribution in [0.5, 0.6) is 5.75 Å². The van der Waals surface area contributed by atoms with E-state index in [1.807, 2.05) is 18.1 Å². The Bertz CT molecular complexity index is 561. The molecule has 1 aliphatic heterocycles. The topological polar surface area (TPSA) is 72.7 Å². The van der Waals surface area contributed by atoms with Crippen LogP contribution in [0.3, 0.4) is 0 Å². The van der Waals surface area contributed by atoms with Crippen LogP contribution in [-0.2, 0) is 4.79 Å². The molecule has 1 aromatic carbocycles. The van der Waals surface area contributed by atoms with Gasteiger partial charge in [0.25, 0.3) is 5.69 Å². The van der Waals surface area contributed by atoms with Gasteiger partial charge < -0.3 is 9.64 Å². The van der Waals surface area contributed by atoms with Crippen molar-refractivity contribution >= 4 is 11.7 Å². The molecule has 0 amide bonds. The van der Waals surface area contributed by atoms with Crippen LogP contribution in [0.25, 0.3) is 0 Å². The van der Waals surface area contributed by atoms with Gasteiger partial charge in [0.05, 0.1) is 10.5 Å². The van der Waals surface area contributed by atoms with E-state index in [1.54, 1.807) is 12.2 Å². The summed E-state index contributed by atoms with van der Waals surface area (Å²) in [4.78, 5) is 23.7. The molecule has 0 atom stereocenters. The average molecular weight is 260 g/mol. The Hall–Kier alpha value is -2.63. The summed E-state index contributed by atoms with van der Waals surface area (Å²) >= 11 is 0. The van der Waals surface area contributed by atoms with Crippen molar-refractivity contribution < 1.29 is 14.5 Å². The van der Waals surface area contributed by atoms with Crippen molar-refractivity contribution in [3.05, 3.63) is 58.3 Å². The highest BCUT2D eigenvalue weighted by Crippen LogP contribution is 2.18. The van der Waals surface area contributed by atoms with Crippen LogP contribution in [0.15, 0.2) is 48.2 Å². The molecule has 0 spiro atoms. The highest BCUT2D eigenvalue weighted by atomic mass is 16.6. The molecule has 0 radical (unpaired) electrons. The summed E-state index contributed by atoms with van der Waals surface area (Å²) in [5, 5.41) is 10.5. The first-order valence-corrected chi connectivity index (χ1v) is 5.60. The van der Waals surface area contributed by atoms with Crippen molar-refractivity contribution in [2.45, 2.75) is 0 Å². The van der Waals surface area contributed by atoms with Gasteiger partial charge in [-0.15, -0.1) is 0 Å². The van der Waals surface area contributed by atoms with Crippen LogP contribution in [0.2, 0.25) is 0 Å². The second-order valence-corrected chi connectivity index (χ2v) is 4.09. The number of non-ortho nitro benzene ring substituents is 1. The number of allylic oxidation sites excluding steroid dienone is 2. The predicted octanol–water partition coefficient (Wildman–Crippen LogP) is 1.89. The third-order valence-corrected chi connectivity index (χ3v) is 2.58. The number of rotatable bonds is 3. The zero-order chi connectivity index (χ0) is 13.8. The molecule has 6 nitrogen and oxygen atoms in total. The van der Waals surface area contributed by atoms with E-state index < -0.39 is 10.9 Å². The van der Waals surface area contributed by atoms with Crippen molar-refractivity contribution in [2.24, 2.45) is 0 Å². The fourth-order valence-electron chi connectivity index (χ4n) is 1.62. The van der Waals surface area contributed by atoms with Gasteiger partial charge in [0.2, 0.25) is 0 Å². The molecular formula is C13H12N2O4. The first kappa shape index (κ1) is 12.8. The lowest BCUT2D eigenvalue weighted by molar-refractivity contribution is -0.384. The lowest BCUT2D eigenvalue weighted by atomic mass is 10.2. The molecule has 19 heavy (non-hydrogen) atoms. The number of carbonyl (C=O) groups is 1. The maximum absolute atomic E-state index is 11.8. The number of hydrogen-bond donors (Lipinski definition) is 0. The molecule has 98 valence electrons. The molecule has 1 aliphatic rings. The van der Waals surface area contributed by atoms with Gasteiger partial charge in [-0.25, -0.2) is 4.79 Å². The van der Waals surface area contributed by atoms with E-state index in [1.165, 1.54) is 24.3 Å². The fraction of sp³-hybridized carbons (Fsp3) is 0.154. The van der Waals surface area contributed by atoms with Crippen molar-refractivity contribution in [2.75, 3.05) is 13.6 Å². The first-order chi connectivity index (χ1) is 9.06. The number of nitro benzene ring substituents is 1. The SMILES string of the molecule is CN1C=CC=C(C(=O)Oc2ccc([N+](=O)[O-])cc2)C1. The lowest BCUT2D eigenvalue weighted by Gasteiger charge is -2.18. The fourth-order valence-corrected chi connectivity index (χ4v) is 1.62. The number of ether oxygens (including phenoxy) is 1. The zero-order valence-corrected chi connectivity index (χ0v) is 10.3. The second-order valence-electron chi connectivity index (χ2n) is 4.09. The monoisotopic (exact) mass is 260 g/mol. The molecule has 1 aromatic rings. The summed E-state index contributed by atoms with van der Waals surface area (Å²) in [6.07, 6.45) is 5.30. The highest BCUT2D eigenvalue weighted by Gasteiger charge is 2.15. The summed E-state index contributed by atoms with van der Waals surface area (Å²) in [7, 11) is 1.85. The van der Waals surface area contributed by atoms with Crippen LogP contribution in [0.1, 0.15) is 0 Å². The van der Waals surface area contributed by atoms with Gasteiger partial charge in [-0.3, -0.25) is 10.1 Å². The normalized spacial score (nSPS) is 13.9. The van der Waals surface area contributed by atoms with Crippen molar-refractivity contribution in [1.29, 1.82) is 0 Å². The average Bonchev–Trinajstić information content (AvgIpc) is 2.39. The van der Waals surface area contributed by atoms with Gasteiger partial charge in [-0.2, -0.15) is 0 Å². The number of nitro groups is 1. The number of carbonyl (C=O) groups excluding carboxylic acids is 1. The van der Waals surface area contributed by atoms with E-state index in [-0.39, 0.29) is 11.4 Å². The number of nitrogens with zero attached hydrogens (tertiary/aromatic N) is 2. The van der Waals surface area contributed by atoms with Crippen LogP contribution < -0.4 is 4.74 Å². The smallest absolute Gasteiger partial charge is 0.341 e. The third kappa shape index (κ3) is 3.19. The van der Waals surface area contributed by atoms with Gasteiger partial charge in [0.1, 0.15) is 5.75 Å². The summed E-state index contributed by atoms with van der Waals surface area (Å²) in [5.41, 5.74) is 0.489. The third-order valence-electron chi connectivity index (χ3n) is 2.58. The minimum absolute atomic E-state index is 0.0423. The molecule has 0 unspecified atom stereocenters. The van der Waals surface area contributed by atoms with Gasteiger partial charge in [0.15, 0.2) is 0 Å². The van der Waals surface area contributed by atoms with Crippen LogP contribution >= 0.6 is 0 Å². The van der Waals surface area contributed by atoms with Gasteiger partial charge >= 0.3 is 5.97 Å². The minimum Gasteiger partial charge on any atom is -0.423 e. The van der Waals surface area contributed by atoms with E-state index in [4.69, 9.17) is 4.74 Å². The van der Waals surface area contributed by atoms with Crippen LogP contribution in [-0.4, -0.2) is 29.4 Å². The summed E-state index contributed by atoms with van der Waals surface area (Å²) < 4.78 is 5.15. The van der Waals surface area contributed by atoms with Crippen LogP contribution in [0.4, 0.5) is 5.69 Å². The Morgan fingerprint density at radius 2 is 2.05 bits per heavy atom. The van der Waals surface area contributed by atoms with Crippen molar-refractivity contribution in [1.82, 2.24) is 4.90 Å². The van der Waals surface area contributed by atoms with Gasteiger partial charge in [-0.05, 0) is 30.5 Å². The molecule has 1 heterocycles. The van der Waals surface area contributed by atoms with E-state index in [2.05, 4.69) is 0 Å². The van der Waals surface area contributed by atoms with Gasteiger partial charge in [0, 0.05) is 25.7 Å². The molecule has 0 saturated heterocycles. The molecular weight excluding hydrogens is 248 g/mol. The van der Waals surface area contributed by atoms with Gasteiger partial charge in [-0.1, -0.05) is 0 Å². The van der Waals surface area contributed by atoms with Crippen molar-refractivity contribution in [3.63, 3.8) is 0 Å². The Labute approximate surface area is 109 Å². The molecule has 6 heteroatoms. The maximum atomic E-state index is 11.8.